The van der Waals surface area contributed by atoms with Gasteiger partial charge in [-0.25, -0.2) is 0 Å². The molecule has 0 N–H and O–H groups in total. The SMILES string of the molecule is CCC1CS2(S)CCCC12. The van der Waals surface area contributed by atoms with Crippen molar-refractivity contribution in [2.24, 2.45) is 5.92 Å². The number of fused-ring (bicyclic) bond motifs is 1. The maximum absolute atomic E-state index is 4.83. The lowest BCUT2D eigenvalue weighted by atomic mass is 10.0. The van der Waals surface area contributed by atoms with Gasteiger partial charge in [0.05, 0.1) is 0 Å². The Morgan fingerprint density at radius 1 is 1.60 bits per heavy atom. The Labute approximate surface area is 69.9 Å². The van der Waals surface area contributed by atoms with Gasteiger partial charge < -0.3 is 0 Å². The standard InChI is InChI=1S/C8H16S2/c1-2-7-6-10(9)5-3-4-8(7)10/h7-9H,2-6H2,1H3. The molecule has 3 unspecified atom stereocenters. The predicted octanol–water partition coefficient (Wildman–Crippen LogP) is 2.84. The van der Waals surface area contributed by atoms with Crippen LogP contribution in [0.25, 0.3) is 0 Å². The monoisotopic (exact) mass is 176 g/mol. The Bertz CT molecular complexity index is 146. The molecule has 2 aliphatic heterocycles. The van der Waals surface area contributed by atoms with Crippen LogP contribution in [0.5, 0.6) is 0 Å². The molecule has 0 bridgehead atoms. The van der Waals surface area contributed by atoms with E-state index in [1.54, 1.807) is 0 Å². The number of rotatable bonds is 1. The van der Waals surface area contributed by atoms with E-state index >= 15 is 0 Å². The molecule has 2 rings (SSSR count). The van der Waals surface area contributed by atoms with Gasteiger partial charge in [0.25, 0.3) is 0 Å². The zero-order chi connectivity index (χ0) is 7.19. The molecular formula is C8H16S2. The highest BCUT2D eigenvalue weighted by Gasteiger charge is 2.49. The third-order valence-electron chi connectivity index (χ3n) is 3.10. The first-order chi connectivity index (χ1) is 4.76. The smallest absolute Gasteiger partial charge is 0.000726 e. The van der Waals surface area contributed by atoms with Crippen LogP contribution in [0.3, 0.4) is 0 Å². The maximum atomic E-state index is 4.83. The van der Waals surface area contributed by atoms with Gasteiger partial charge in [-0.2, -0.15) is 9.06 Å². The minimum absolute atomic E-state index is 0.311. The summed E-state index contributed by atoms with van der Waals surface area (Å²) in [7, 11) is -0.311. The molecule has 2 fully saturated rings. The molecular weight excluding hydrogens is 160 g/mol. The summed E-state index contributed by atoms with van der Waals surface area (Å²) in [5, 5.41) is 1.07. The summed E-state index contributed by atoms with van der Waals surface area (Å²) in [5.41, 5.74) is 0. The second-order valence-corrected chi connectivity index (χ2v) is 8.95. The molecule has 0 aromatic carbocycles. The van der Waals surface area contributed by atoms with Crippen LogP contribution < -0.4 is 0 Å². The highest BCUT2D eigenvalue weighted by Crippen LogP contribution is 2.73. The van der Waals surface area contributed by atoms with Crippen molar-refractivity contribution in [3.63, 3.8) is 0 Å². The maximum Gasteiger partial charge on any atom is 0.000726 e. The van der Waals surface area contributed by atoms with E-state index in [4.69, 9.17) is 11.7 Å². The lowest BCUT2D eigenvalue weighted by Crippen LogP contribution is -2.37. The quantitative estimate of drug-likeness (QED) is 0.461. The molecule has 60 valence electrons. The van der Waals surface area contributed by atoms with Crippen molar-refractivity contribution in [1.29, 1.82) is 0 Å². The molecule has 0 radical (unpaired) electrons. The van der Waals surface area contributed by atoms with Crippen LogP contribution in [-0.4, -0.2) is 16.8 Å². The molecule has 2 heterocycles. The van der Waals surface area contributed by atoms with E-state index in [1.807, 2.05) is 0 Å². The molecule has 2 saturated heterocycles. The van der Waals surface area contributed by atoms with Crippen LogP contribution in [0.2, 0.25) is 0 Å². The van der Waals surface area contributed by atoms with E-state index in [2.05, 4.69) is 6.92 Å². The fourth-order valence-corrected chi connectivity index (χ4v) is 8.08. The Morgan fingerprint density at radius 3 is 3.00 bits per heavy atom. The summed E-state index contributed by atoms with van der Waals surface area (Å²) in [6, 6.07) is 0. The van der Waals surface area contributed by atoms with Crippen LogP contribution in [0, 0.1) is 5.92 Å². The molecule has 0 aromatic rings. The van der Waals surface area contributed by atoms with Gasteiger partial charge in [-0.05, 0) is 30.3 Å². The van der Waals surface area contributed by atoms with Crippen molar-refractivity contribution in [2.75, 3.05) is 11.5 Å². The van der Waals surface area contributed by atoms with E-state index in [0.717, 1.165) is 11.2 Å². The van der Waals surface area contributed by atoms with Crippen molar-refractivity contribution in [3.8, 4) is 0 Å². The molecule has 3 atom stereocenters. The zero-order valence-corrected chi connectivity index (χ0v) is 8.26. The summed E-state index contributed by atoms with van der Waals surface area (Å²) in [5.74, 6) is 4.02. The summed E-state index contributed by atoms with van der Waals surface area (Å²) in [6.07, 6.45) is 4.37. The van der Waals surface area contributed by atoms with E-state index in [0.29, 0.717) is 0 Å². The minimum atomic E-state index is -0.311. The van der Waals surface area contributed by atoms with Crippen LogP contribution in [-0.2, 0) is 0 Å². The van der Waals surface area contributed by atoms with Crippen molar-refractivity contribution < 1.29 is 0 Å². The average Bonchev–Trinajstić information content (AvgIpc) is 2.16. The van der Waals surface area contributed by atoms with Gasteiger partial charge in [-0.15, -0.1) is 11.7 Å². The van der Waals surface area contributed by atoms with Crippen molar-refractivity contribution in [1.82, 2.24) is 0 Å². The van der Waals surface area contributed by atoms with Crippen molar-refractivity contribution >= 4 is 20.7 Å². The van der Waals surface area contributed by atoms with Gasteiger partial charge in [-0.3, -0.25) is 0 Å². The molecule has 10 heavy (non-hydrogen) atoms. The number of thiol groups is 1. The van der Waals surface area contributed by atoms with E-state index in [9.17, 15) is 0 Å². The Balaban J connectivity index is 2.04. The summed E-state index contributed by atoms with van der Waals surface area (Å²) in [4.78, 5) is 0. The topological polar surface area (TPSA) is 0 Å². The third kappa shape index (κ3) is 0.845. The summed E-state index contributed by atoms with van der Waals surface area (Å²) >= 11 is 4.83. The van der Waals surface area contributed by atoms with Crippen molar-refractivity contribution in [2.45, 2.75) is 31.4 Å². The molecule has 0 saturated carbocycles. The molecule has 0 nitrogen and oxygen atoms in total. The first-order valence-corrected chi connectivity index (χ1v) is 7.35. The largest absolute Gasteiger partial charge is 0.192 e. The molecule has 0 aliphatic carbocycles. The predicted molar refractivity (Wildman–Crippen MR) is 53.1 cm³/mol. The van der Waals surface area contributed by atoms with Crippen LogP contribution >= 0.6 is 20.7 Å². The molecule has 2 aliphatic rings. The normalized spacial score (nSPS) is 58.6. The first-order valence-electron chi connectivity index (χ1n) is 4.26. The second-order valence-electron chi connectivity index (χ2n) is 3.62. The second kappa shape index (κ2) is 2.34. The van der Waals surface area contributed by atoms with Crippen molar-refractivity contribution in [3.05, 3.63) is 0 Å². The molecule has 0 aromatic heterocycles. The first kappa shape index (κ1) is 7.35. The Morgan fingerprint density at radius 2 is 2.40 bits per heavy atom. The van der Waals surface area contributed by atoms with Crippen LogP contribution in [0.15, 0.2) is 0 Å². The number of hydrogen-bond acceptors (Lipinski definition) is 1. The van der Waals surface area contributed by atoms with E-state index < -0.39 is 0 Å². The van der Waals surface area contributed by atoms with Gasteiger partial charge >= 0.3 is 0 Å². The molecule has 0 spiro atoms. The lowest BCUT2D eigenvalue weighted by molar-refractivity contribution is 0.495. The fourth-order valence-electron chi connectivity index (χ4n) is 2.44. The van der Waals surface area contributed by atoms with Gasteiger partial charge in [0, 0.05) is 5.25 Å². The molecule has 2 heteroatoms. The fraction of sp³-hybridized carbons (Fsp3) is 1.00. The Hall–Kier alpha value is 0.700. The highest BCUT2D eigenvalue weighted by atomic mass is 33.1. The van der Waals surface area contributed by atoms with Gasteiger partial charge in [0.1, 0.15) is 0 Å². The van der Waals surface area contributed by atoms with Crippen LogP contribution in [0.4, 0.5) is 0 Å². The van der Waals surface area contributed by atoms with Gasteiger partial charge in [-0.1, -0.05) is 13.3 Å². The third-order valence-corrected chi connectivity index (χ3v) is 8.66. The summed E-state index contributed by atoms with van der Waals surface area (Å²) < 4.78 is 0. The van der Waals surface area contributed by atoms with Gasteiger partial charge in [0.2, 0.25) is 0 Å². The Kier molecular flexibility index (Phi) is 1.72. The van der Waals surface area contributed by atoms with Gasteiger partial charge in [0.15, 0.2) is 0 Å². The average molecular weight is 176 g/mol. The van der Waals surface area contributed by atoms with E-state index in [-0.39, 0.29) is 9.06 Å². The molecule has 0 amide bonds. The number of hydrogen-bond donors (Lipinski definition) is 1. The highest BCUT2D eigenvalue weighted by molar-refractivity contribution is 8.88. The summed E-state index contributed by atoms with van der Waals surface area (Å²) in [6.45, 7) is 2.33. The zero-order valence-electron chi connectivity index (χ0n) is 6.55. The van der Waals surface area contributed by atoms with Crippen LogP contribution in [0.1, 0.15) is 26.2 Å². The van der Waals surface area contributed by atoms with E-state index in [1.165, 1.54) is 30.8 Å². The minimum Gasteiger partial charge on any atom is -0.192 e. The lowest BCUT2D eigenvalue weighted by Gasteiger charge is -2.53.